The average Bonchev–Trinajstić information content (AvgIpc) is 2.97. The molecule has 3 rings (SSSR count). The highest BCUT2D eigenvalue weighted by atomic mass is 35.5. The molecule has 0 amide bonds. The number of ether oxygens (including phenoxy) is 1. The number of carbonyl (C=O) groups excluding carboxylic acids is 1. The summed E-state index contributed by atoms with van der Waals surface area (Å²) < 4.78 is 7.35. The van der Waals surface area contributed by atoms with Crippen LogP contribution in [0, 0.1) is 5.41 Å². The molecule has 0 aliphatic heterocycles. The van der Waals surface area contributed by atoms with Gasteiger partial charge in [-0.05, 0) is 54.9 Å². The van der Waals surface area contributed by atoms with Crippen LogP contribution in [-0.2, 0) is 24.1 Å². The van der Waals surface area contributed by atoms with E-state index in [9.17, 15) is 4.79 Å². The molecule has 1 aromatic carbocycles. The Balaban J connectivity index is 2.16. The maximum atomic E-state index is 12.0. The van der Waals surface area contributed by atoms with E-state index in [0.29, 0.717) is 16.9 Å². The molecule has 4 heteroatoms. The Bertz CT molecular complexity index is 774. The molecule has 3 nitrogen and oxygen atoms in total. The molecular formula is C21H28ClNO2. The minimum absolute atomic E-state index is 0.266. The van der Waals surface area contributed by atoms with Crippen LogP contribution < -0.4 is 0 Å². The van der Waals surface area contributed by atoms with E-state index in [1.807, 2.05) is 12.1 Å². The highest BCUT2D eigenvalue weighted by molar-refractivity contribution is 6.17. The lowest BCUT2D eigenvalue weighted by atomic mass is 9.69. The van der Waals surface area contributed by atoms with Crippen molar-refractivity contribution in [3.05, 3.63) is 35.0 Å². The first-order chi connectivity index (χ1) is 12.1. The number of hydrogen-bond donors (Lipinski definition) is 0. The predicted molar refractivity (Wildman–Crippen MR) is 104 cm³/mol. The van der Waals surface area contributed by atoms with E-state index >= 15 is 0 Å². The van der Waals surface area contributed by atoms with Crippen molar-refractivity contribution in [2.75, 3.05) is 13.0 Å². The van der Waals surface area contributed by atoms with Crippen molar-refractivity contribution in [3.8, 4) is 0 Å². The normalized spacial score (nSPS) is 16.0. The number of carbonyl (C=O) groups is 1. The minimum Gasteiger partial charge on any atom is -0.465 e. The van der Waals surface area contributed by atoms with E-state index in [1.54, 1.807) is 0 Å². The fourth-order valence-corrected chi connectivity index (χ4v) is 4.50. The number of rotatable bonds is 6. The molecular weight excluding hydrogens is 334 g/mol. The van der Waals surface area contributed by atoms with Crippen molar-refractivity contribution < 1.29 is 9.53 Å². The van der Waals surface area contributed by atoms with Gasteiger partial charge in [0.15, 0.2) is 0 Å². The van der Waals surface area contributed by atoms with E-state index < -0.39 is 0 Å². The average molecular weight is 362 g/mol. The van der Waals surface area contributed by atoms with E-state index in [1.165, 1.54) is 48.5 Å². The Kier molecular flexibility index (Phi) is 5.43. The molecule has 136 valence electrons. The summed E-state index contributed by atoms with van der Waals surface area (Å²) in [5.74, 6) is 0.403. The molecule has 0 unspecified atom stereocenters. The number of aromatic nitrogens is 1. The lowest BCUT2D eigenvalue weighted by Gasteiger charge is -2.36. The van der Waals surface area contributed by atoms with Crippen molar-refractivity contribution in [2.45, 2.75) is 58.9 Å². The first-order valence-electron chi connectivity index (χ1n) is 9.37. The quantitative estimate of drug-likeness (QED) is 0.512. The van der Waals surface area contributed by atoms with Gasteiger partial charge in [0.1, 0.15) is 0 Å². The first-order valence-corrected chi connectivity index (χ1v) is 9.91. The van der Waals surface area contributed by atoms with Crippen LogP contribution in [0.3, 0.4) is 0 Å². The summed E-state index contributed by atoms with van der Waals surface area (Å²) in [7, 11) is 1.44. The molecule has 0 radical (unpaired) electrons. The molecule has 0 N–H and O–H groups in total. The molecule has 0 saturated carbocycles. The maximum Gasteiger partial charge on any atom is 0.337 e. The van der Waals surface area contributed by atoms with Crippen LogP contribution in [-0.4, -0.2) is 23.5 Å². The second-order valence-electron chi connectivity index (χ2n) is 7.23. The number of nitrogens with zero attached hydrogens (tertiary/aromatic N) is 1. The Hall–Kier alpha value is -1.48. The van der Waals surface area contributed by atoms with Gasteiger partial charge in [0.2, 0.25) is 0 Å². The van der Waals surface area contributed by atoms with Crippen LogP contribution in [0.2, 0.25) is 0 Å². The third-order valence-electron chi connectivity index (χ3n) is 6.17. The highest BCUT2D eigenvalue weighted by Crippen LogP contribution is 2.44. The van der Waals surface area contributed by atoms with Gasteiger partial charge < -0.3 is 9.30 Å². The number of benzene rings is 1. The van der Waals surface area contributed by atoms with E-state index in [2.05, 4.69) is 24.5 Å². The number of alkyl halides is 1. The molecule has 2 aromatic rings. The summed E-state index contributed by atoms with van der Waals surface area (Å²) in [5, 5.41) is 1.22. The van der Waals surface area contributed by atoms with Gasteiger partial charge >= 0.3 is 5.97 Å². The fraction of sp³-hybridized carbons (Fsp3) is 0.571. The number of methoxy groups -OCH3 is 1. The third-order valence-corrected chi connectivity index (χ3v) is 6.43. The van der Waals surface area contributed by atoms with E-state index in [-0.39, 0.29) is 5.97 Å². The van der Waals surface area contributed by atoms with Crippen LogP contribution >= 0.6 is 11.6 Å². The molecule has 0 bridgehead atoms. The molecule has 0 atom stereocenters. The van der Waals surface area contributed by atoms with Crippen molar-refractivity contribution in [1.29, 1.82) is 0 Å². The molecule has 1 heterocycles. The summed E-state index contributed by atoms with van der Waals surface area (Å²) in [6.45, 7) is 5.56. The number of fused-ring (bicyclic) bond motifs is 3. The van der Waals surface area contributed by atoms with E-state index in [0.717, 1.165) is 25.8 Å². The SMILES string of the molecule is CCC1(CC)CCc2c(c3cc(C(=O)OC)ccc3n2CCCCl)C1. The van der Waals surface area contributed by atoms with E-state index in [4.69, 9.17) is 16.3 Å². The molecule has 1 aliphatic carbocycles. The predicted octanol–water partition coefficient (Wildman–Crippen LogP) is 5.35. The van der Waals surface area contributed by atoms with Crippen LogP contribution in [0.25, 0.3) is 10.9 Å². The van der Waals surface area contributed by atoms with Crippen LogP contribution in [0.5, 0.6) is 0 Å². The zero-order valence-electron chi connectivity index (χ0n) is 15.5. The topological polar surface area (TPSA) is 31.2 Å². The minimum atomic E-state index is -0.266. The molecule has 1 aliphatic rings. The fourth-order valence-electron chi connectivity index (χ4n) is 4.38. The van der Waals surface area contributed by atoms with Crippen LogP contribution in [0.15, 0.2) is 18.2 Å². The smallest absolute Gasteiger partial charge is 0.337 e. The monoisotopic (exact) mass is 361 g/mol. The molecule has 1 aromatic heterocycles. The van der Waals surface area contributed by atoms with Gasteiger partial charge in [-0.25, -0.2) is 4.79 Å². The molecule has 25 heavy (non-hydrogen) atoms. The van der Waals surface area contributed by atoms with Crippen molar-refractivity contribution >= 4 is 28.5 Å². The number of aryl methyl sites for hydroxylation is 1. The summed E-state index contributed by atoms with van der Waals surface area (Å²) in [5.41, 5.74) is 5.13. The summed E-state index contributed by atoms with van der Waals surface area (Å²) in [6.07, 6.45) is 6.82. The Morgan fingerprint density at radius 2 is 2.08 bits per heavy atom. The van der Waals surface area contributed by atoms with Gasteiger partial charge in [-0.15, -0.1) is 11.6 Å². The number of halogens is 1. The van der Waals surface area contributed by atoms with Crippen LogP contribution in [0.4, 0.5) is 0 Å². The van der Waals surface area contributed by atoms with Gasteiger partial charge in [-0.3, -0.25) is 0 Å². The van der Waals surface area contributed by atoms with Gasteiger partial charge in [0.05, 0.1) is 12.7 Å². The number of hydrogen-bond acceptors (Lipinski definition) is 2. The van der Waals surface area contributed by atoms with Crippen molar-refractivity contribution in [3.63, 3.8) is 0 Å². The molecule has 0 fully saturated rings. The Labute approximate surface area is 155 Å². The zero-order valence-corrected chi connectivity index (χ0v) is 16.3. The zero-order chi connectivity index (χ0) is 18.0. The van der Waals surface area contributed by atoms with Crippen LogP contribution in [0.1, 0.15) is 61.1 Å². The second kappa shape index (κ2) is 7.41. The summed E-state index contributed by atoms with van der Waals surface area (Å²) in [4.78, 5) is 12.0. The van der Waals surface area contributed by atoms with Crippen molar-refractivity contribution in [1.82, 2.24) is 4.57 Å². The largest absolute Gasteiger partial charge is 0.465 e. The molecule has 0 spiro atoms. The Morgan fingerprint density at radius 3 is 2.72 bits per heavy atom. The van der Waals surface area contributed by atoms with Gasteiger partial charge in [0.25, 0.3) is 0 Å². The first kappa shape index (κ1) is 18.3. The standard InChI is InChI=1S/C21H28ClNO2/c1-4-21(5-2)10-9-19-17(14-21)16-13-15(20(24)25-3)7-8-18(16)23(19)12-6-11-22/h7-8,13H,4-6,9-12,14H2,1-3H3. The Morgan fingerprint density at radius 1 is 1.32 bits per heavy atom. The number of esters is 1. The summed E-state index contributed by atoms with van der Waals surface area (Å²) >= 11 is 5.95. The lowest BCUT2D eigenvalue weighted by Crippen LogP contribution is -2.28. The maximum absolute atomic E-state index is 12.0. The highest BCUT2D eigenvalue weighted by Gasteiger charge is 2.34. The second-order valence-corrected chi connectivity index (χ2v) is 7.60. The van der Waals surface area contributed by atoms with Gasteiger partial charge in [-0.1, -0.05) is 26.7 Å². The van der Waals surface area contributed by atoms with Crippen molar-refractivity contribution in [2.24, 2.45) is 5.41 Å². The lowest BCUT2D eigenvalue weighted by molar-refractivity contribution is 0.0601. The van der Waals surface area contributed by atoms with Gasteiger partial charge in [-0.2, -0.15) is 0 Å². The third kappa shape index (κ3) is 3.19. The molecule has 0 saturated heterocycles. The summed E-state index contributed by atoms with van der Waals surface area (Å²) in [6, 6.07) is 5.98. The van der Waals surface area contributed by atoms with Gasteiger partial charge in [0, 0.05) is 29.0 Å².